The van der Waals surface area contributed by atoms with Crippen LogP contribution in [0, 0.1) is 13.8 Å². The highest BCUT2D eigenvalue weighted by Gasteiger charge is 2.37. The normalized spacial score (nSPS) is 15.6. The van der Waals surface area contributed by atoms with Gasteiger partial charge in [-0.1, -0.05) is 42.5 Å². The lowest BCUT2D eigenvalue weighted by atomic mass is 9.99. The van der Waals surface area contributed by atoms with E-state index in [-0.39, 0.29) is 11.7 Å². The maximum Gasteiger partial charge on any atom is 0.335 e. The van der Waals surface area contributed by atoms with E-state index in [0.717, 1.165) is 26.8 Å². The number of hydrogen-bond donors (Lipinski definition) is 1. The third kappa shape index (κ3) is 3.87. The number of nitrogens with zero attached hydrogens (tertiary/aromatic N) is 1. The molecule has 1 heterocycles. The summed E-state index contributed by atoms with van der Waals surface area (Å²) in [6.07, 6.45) is 1.42. The number of hydrogen-bond acceptors (Lipinski definition) is 4. The van der Waals surface area contributed by atoms with Gasteiger partial charge in [-0.05, 0) is 67.8 Å². The number of aryl methyl sites for hydroxylation is 2. The molecule has 0 radical (unpaired) electrons. The van der Waals surface area contributed by atoms with Gasteiger partial charge in [0.25, 0.3) is 11.8 Å². The smallest absolute Gasteiger partial charge is 0.335 e. The van der Waals surface area contributed by atoms with E-state index in [9.17, 15) is 14.4 Å². The van der Waals surface area contributed by atoms with Gasteiger partial charge in [0.2, 0.25) is 0 Å². The fourth-order valence-corrected chi connectivity index (χ4v) is 3.76. The first-order valence-electron chi connectivity index (χ1n) is 10.4. The van der Waals surface area contributed by atoms with Crippen molar-refractivity contribution in [1.82, 2.24) is 5.32 Å². The molecule has 3 aromatic rings. The number of carbonyl (C=O) groups excluding carboxylic acids is 3. The molecule has 0 atom stereocenters. The summed E-state index contributed by atoms with van der Waals surface area (Å²) < 4.78 is 5.96. The summed E-state index contributed by atoms with van der Waals surface area (Å²) >= 11 is 0. The van der Waals surface area contributed by atoms with Crippen LogP contribution in [-0.4, -0.2) is 23.9 Å². The Morgan fingerprint density at radius 1 is 0.969 bits per heavy atom. The highest BCUT2D eigenvalue weighted by molar-refractivity contribution is 6.39. The third-order valence-electron chi connectivity index (χ3n) is 5.29. The standard InChI is InChI=1S/C26H24N2O4/c1-15(2)32-23-12-11-18-7-5-6-8-19(18)20(23)14-21-24(29)27-26(31)28(25(21)30)22-13-16(3)9-10-17(22)4/h5-15H,1-4H3,(H,27,29,31)/b21-14+. The zero-order chi connectivity index (χ0) is 23.0. The quantitative estimate of drug-likeness (QED) is 0.473. The number of rotatable bonds is 4. The highest BCUT2D eigenvalue weighted by atomic mass is 16.5. The van der Waals surface area contributed by atoms with Crippen molar-refractivity contribution < 1.29 is 19.1 Å². The summed E-state index contributed by atoms with van der Waals surface area (Å²) in [7, 11) is 0. The molecule has 0 saturated carbocycles. The van der Waals surface area contributed by atoms with E-state index < -0.39 is 17.8 Å². The molecule has 0 bridgehead atoms. The first-order chi connectivity index (χ1) is 15.3. The predicted octanol–water partition coefficient (Wildman–Crippen LogP) is 4.91. The summed E-state index contributed by atoms with van der Waals surface area (Å²) in [4.78, 5) is 39.8. The fourth-order valence-electron chi connectivity index (χ4n) is 3.76. The van der Waals surface area contributed by atoms with Crippen LogP contribution in [0.3, 0.4) is 0 Å². The van der Waals surface area contributed by atoms with Crippen LogP contribution in [0.25, 0.3) is 16.8 Å². The van der Waals surface area contributed by atoms with Crippen LogP contribution in [0.5, 0.6) is 5.75 Å². The molecule has 0 aromatic heterocycles. The SMILES string of the molecule is Cc1ccc(C)c(N2C(=O)NC(=O)/C(=C\c3c(OC(C)C)ccc4ccccc34)C2=O)c1. The van der Waals surface area contributed by atoms with Gasteiger partial charge in [0.1, 0.15) is 11.3 Å². The van der Waals surface area contributed by atoms with E-state index in [4.69, 9.17) is 4.74 Å². The molecular weight excluding hydrogens is 404 g/mol. The van der Waals surface area contributed by atoms with E-state index >= 15 is 0 Å². The second-order valence-electron chi connectivity index (χ2n) is 8.11. The van der Waals surface area contributed by atoms with E-state index in [2.05, 4.69) is 5.32 Å². The van der Waals surface area contributed by atoms with E-state index in [0.29, 0.717) is 17.0 Å². The van der Waals surface area contributed by atoms with Crippen molar-refractivity contribution >= 4 is 40.4 Å². The molecule has 3 aromatic carbocycles. The van der Waals surface area contributed by atoms with Crippen LogP contribution in [-0.2, 0) is 9.59 Å². The van der Waals surface area contributed by atoms with Gasteiger partial charge >= 0.3 is 6.03 Å². The molecule has 6 nitrogen and oxygen atoms in total. The highest BCUT2D eigenvalue weighted by Crippen LogP contribution is 2.33. The average Bonchev–Trinajstić information content (AvgIpc) is 2.74. The topological polar surface area (TPSA) is 75.7 Å². The molecule has 6 heteroatoms. The number of fused-ring (bicyclic) bond motifs is 1. The van der Waals surface area contributed by atoms with Gasteiger partial charge < -0.3 is 4.74 Å². The zero-order valence-corrected chi connectivity index (χ0v) is 18.4. The Balaban J connectivity index is 1.89. The van der Waals surface area contributed by atoms with Gasteiger partial charge in [-0.25, -0.2) is 9.69 Å². The van der Waals surface area contributed by atoms with Gasteiger partial charge in [0.05, 0.1) is 11.8 Å². The number of imide groups is 2. The molecular formula is C26H24N2O4. The molecule has 1 fully saturated rings. The Morgan fingerprint density at radius 2 is 1.72 bits per heavy atom. The lowest BCUT2D eigenvalue weighted by Crippen LogP contribution is -2.54. The Hall–Kier alpha value is -3.93. The van der Waals surface area contributed by atoms with Crippen LogP contribution in [0.15, 0.2) is 60.2 Å². The minimum Gasteiger partial charge on any atom is -0.490 e. The fraction of sp³-hybridized carbons (Fsp3) is 0.192. The molecule has 1 aliphatic rings. The van der Waals surface area contributed by atoms with E-state index in [1.54, 1.807) is 6.07 Å². The number of carbonyl (C=O) groups is 3. The molecule has 4 rings (SSSR count). The van der Waals surface area contributed by atoms with Crippen LogP contribution >= 0.6 is 0 Å². The Bertz CT molecular complexity index is 1290. The number of anilines is 1. The Labute approximate surface area is 186 Å². The lowest BCUT2D eigenvalue weighted by Gasteiger charge is -2.28. The van der Waals surface area contributed by atoms with Crippen LogP contribution < -0.4 is 15.0 Å². The Kier molecular flexibility index (Phi) is 5.53. The average molecular weight is 428 g/mol. The second-order valence-corrected chi connectivity index (χ2v) is 8.11. The van der Waals surface area contributed by atoms with Crippen molar-refractivity contribution in [2.75, 3.05) is 4.90 Å². The number of ether oxygens (including phenoxy) is 1. The van der Waals surface area contributed by atoms with Crippen molar-refractivity contribution in [3.05, 3.63) is 76.9 Å². The van der Waals surface area contributed by atoms with Gasteiger partial charge in [0, 0.05) is 5.56 Å². The number of nitrogens with one attached hydrogen (secondary N) is 1. The minimum atomic E-state index is -0.762. The number of benzene rings is 3. The summed E-state index contributed by atoms with van der Waals surface area (Å²) in [5.41, 5.74) is 2.58. The number of barbiturate groups is 1. The molecule has 32 heavy (non-hydrogen) atoms. The molecule has 1 N–H and O–H groups in total. The van der Waals surface area contributed by atoms with Gasteiger partial charge in [-0.2, -0.15) is 0 Å². The van der Waals surface area contributed by atoms with Crippen LogP contribution in [0.1, 0.15) is 30.5 Å². The van der Waals surface area contributed by atoms with Crippen molar-refractivity contribution in [1.29, 1.82) is 0 Å². The van der Waals surface area contributed by atoms with E-state index in [1.807, 2.05) is 76.2 Å². The maximum absolute atomic E-state index is 13.4. The largest absolute Gasteiger partial charge is 0.490 e. The summed E-state index contributed by atoms with van der Waals surface area (Å²) in [6, 6.07) is 16.2. The zero-order valence-electron chi connectivity index (χ0n) is 18.4. The molecule has 0 spiro atoms. The Morgan fingerprint density at radius 3 is 2.47 bits per heavy atom. The minimum absolute atomic E-state index is 0.0998. The first-order valence-corrected chi connectivity index (χ1v) is 10.4. The maximum atomic E-state index is 13.4. The van der Waals surface area contributed by atoms with Crippen molar-refractivity contribution in [2.45, 2.75) is 33.8 Å². The molecule has 4 amide bonds. The van der Waals surface area contributed by atoms with Crippen molar-refractivity contribution in [2.24, 2.45) is 0 Å². The summed E-state index contributed by atoms with van der Waals surface area (Å²) in [6.45, 7) is 7.51. The molecule has 0 aliphatic carbocycles. The van der Waals surface area contributed by atoms with Gasteiger partial charge in [0.15, 0.2) is 0 Å². The van der Waals surface area contributed by atoms with Crippen LogP contribution in [0.4, 0.5) is 10.5 Å². The van der Waals surface area contributed by atoms with E-state index in [1.165, 1.54) is 6.08 Å². The first kappa shape index (κ1) is 21.3. The monoisotopic (exact) mass is 428 g/mol. The van der Waals surface area contributed by atoms with Crippen molar-refractivity contribution in [3.8, 4) is 5.75 Å². The molecule has 1 aliphatic heterocycles. The van der Waals surface area contributed by atoms with Gasteiger partial charge in [-0.15, -0.1) is 0 Å². The third-order valence-corrected chi connectivity index (χ3v) is 5.29. The molecule has 162 valence electrons. The second kappa shape index (κ2) is 8.30. The molecule has 0 unspecified atom stereocenters. The number of amides is 4. The lowest BCUT2D eigenvalue weighted by molar-refractivity contribution is -0.122. The van der Waals surface area contributed by atoms with Crippen LogP contribution in [0.2, 0.25) is 0 Å². The predicted molar refractivity (Wildman–Crippen MR) is 125 cm³/mol. The summed E-state index contributed by atoms with van der Waals surface area (Å²) in [5, 5.41) is 4.09. The number of urea groups is 1. The van der Waals surface area contributed by atoms with Crippen molar-refractivity contribution in [3.63, 3.8) is 0 Å². The molecule has 1 saturated heterocycles. The van der Waals surface area contributed by atoms with Gasteiger partial charge in [-0.3, -0.25) is 14.9 Å². The summed E-state index contributed by atoms with van der Waals surface area (Å²) in [5.74, 6) is -0.845.